The third-order valence-electron chi connectivity index (χ3n) is 6.47. The molecule has 0 spiro atoms. The lowest BCUT2D eigenvalue weighted by Gasteiger charge is -2.33. The molecule has 9 nitrogen and oxygen atoms in total. The van der Waals surface area contributed by atoms with Crippen molar-refractivity contribution in [2.24, 2.45) is 0 Å². The number of carbonyl (C=O) groups excluding carboxylic acids is 1. The van der Waals surface area contributed by atoms with E-state index in [0.717, 1.165) is 0 Å². The Morgan fingerprint density at radius 1 is 1.19 bits per heavy atom. The minimum atomic E-state index is -0.813. The van der Waals surface area contributed by atoms with Gasteiger partial charge in [0.05, 0.1) is 6.61 Å². The molecule has 2 unspecified atom stereocenters. The Morgan fingerprint density at radius 3 is 2.48 bits per heavy atom. The fraction of sp³-hybridized carbons (Fsp3) is 0.762. The van der Waals surface area contributed by atoms with Crippen molar-refractivity contribution < 1.29 is 33.2 Å². The molecule has 3 saturated heterocycles. The topological polar surface area (TPSA) is 90.3 Å². The number of esters is 1. The van der Waals surface area contributed by atoms with Crippen molar-refractivity contribution in [1.82, 2.24) is 9.55 Å². The van der Waals surface area contributed by atoms with Crippen LogP contribution in [0.15, 0.2) is 18.7 Å². The Labute approximate surface area is 187 Å². The summed E-state index contributed by atoms with van der Waals surface area (Å²) in [4.78, 5) is 16.7. The molecule has 0 bridgehead atoms. The zero-order valence-corrected chi connectivity index (χ0v) is 19.1. The minimum Gasteiger partial charge on any atom is -0.460 e. The first-order chi connectivity index (χ1) is 14.9. The molecule has 3 aliphatic heterocycles. The molecule has 3 aliphatic rings. The molecular weight excluding hydrogens is 424 g/mol. The Morgan fingerprint density at radius 2 is 1.90 bits per heavy atom. The molecule has 1 aromatic heterocycles. The number of carbonyl (C=O) groups is 1. The van der Waals surface area contributed by atoms with Crippen LogP contribution in [0.3, 0.4) is 0 Å². The van der Waals surface area contributed by atoms with Crippen molar-refractivity contribution >= 4 is 23.4 Å². The Hall–Kier alpha value is -1.59. The van der Waals surface area contributed by atoms with Crippen molar-refractivity contribution in [2.45, 2.75) is 95.5 Å². The van der Waals surface area contributed by atoms with E-state index in [9.17, 15) is 4.79 Å². The molecule has 31 heavy (non-hydrogen) atoms. The molecule has 10 heteroatoms. The van der Waals surface area contributed by atoms with E-state index in [1.165, 1.54) is 0 Å². The standard InChI is InChI=1S/C21H30N2O7S/c1-5-20(6-2)25-11-13(28-20)14(27-19(31)23-10-9-22-12-23)15-16-17(18(24)26-15)30-21(7-3,8-4)29-16/h9-10,12-17H,5-8,11H2,1-4H3/t13?,14?,15-,16+,17+/m0/s1. The van der Waals surface area contributed by atoms with Crippen LogP contribution in [0.25, 0.3) is 0 Å². The minimum absolute atomic E-state index is 0.173. The monoisotopic (exact) mass is 454 g/mol. The normalized spacial score (nSPS) is 31.9. The van der Waals surface area contributed by atoms with Gasteiger partial charge in [-0.2, -0.15) is 0 Å². The van der Waals surface area contributed by atoms with E-state index in [1.54, 1.807) is 23.3 Å². The third kappa shape index (κ3) is 4.00. The number of thiocarbonyl (C=S) groups is 1. The molecule has 3 fully saturated rings. The van der Waals surface area contributed by atoms with Gasteiger partial charge in [0.25, 0.3) is 5.17 Å². The predicted octanol–water partition coefficient (Wildman–Crippen LogP) is 2.56. The molecule has 0 radical (unpaired) electrons. The number of nitrogens with zero attached hydrogens (tertiary/aromatic N) is 2. The van der Waals surface area contributed by atoms with Gasteiger partial charge in [-0.25, -0.2) is 9.78 Å². The predicted molar refractivity (Wildman–Crippen MR) is 112 cm³/mol. The fourth-order valence-corrected chi connectivity index (χ4v) is 4.64. The summed E-state index contributed by atoms with van der Waals surface area (Å²) in [5, 5.41) is 0.173. The van der Waals surface area contributed by atoms with E-state index in [2.05, 4.69) is 4.98 Å². The number of hydrogen-bond donors (Lipinski definition) is 0. The third-order valence-corrected chi connectivity index (χ3v) is 6.78. The van der Waals surface area contributed by atoms with Crippen LogP contribution in [0.2, 0.25) is 0 Å². The highest BCUT2D eigenvalue weighted by atomic mass is 32.1. The largest absolute Gasteiger partial charge is 0.460 e. The lowest BCUT2D eigenvalue weighted by atomic mass is 10.0. The number of rotatable bonds is 7. The molecule has 0 N–H and O–H groups in total. The van der Waals surface area contributed by atoms with Crippen molar-refractivity contribution in [2.75, 3.05) is 6.61 Å². The van der Waals surface area contributed by atoms with Crippen LogP contribution < -0.4 is 0 Å². The summed E-state index contributed by atoms with van der Waals surface area (Å²) in [6.07, 6.45) is 4.03. The first kappa shape index (κ1) is 22.6. The van der Waals surface area contributed by atoms with Gasteiger partial charge in [-0.1, -0.05) is 27.7 Å². The zero-order chi connectivity index (χ0) is 22.2. The average Bonchev–Trinajstić information content (AvgIpc) is 3.57. The van der Waals surface area contributed by atoms with E-state index < -0.39 is 48.1 Å². The maximum Gasteiger partial charge on any atom is 0.338 e. The van der Waals surface area contributed by atoms with Gasteiger partial charge in [0.15, 0.2) is 29.9 Å². The molecule has 1 aromatic rings. The fourth-order valence-electron chi connectivity index (χ4n) is 4.42. The number of aromatic nitrogens is 2. The molecule has 4 heterocycles. The van der Waals surface area contributed by atoms with Gasteiger partial charge in [-0.05, 0) is 37.9 Å². The molecular formula is C21H30N2O7S. The summed E-state index contributed by atoms with van der Waals surface area (Å²) < 4.78 is 38.1. The summed E-state index contributed by atoms with van der Waals surface area (Å²) in [7, 11) is 0. The molecule has 0 aromatic carbocycles. The molecule has 0 saturated carbocycles. The second-order valence-corrected chi connectivity index (χ2v) is 8.39. The Kier molecular flexibility index (Phi) is 6.37. The smallest absolute Gasteiger partial charge is 0.338 e. The molecule has 0 aliphatic carbocycles. The van der Waals surface area contributed by atoms with E-state index >= 15 is 0 Å². The lowest BCUT2D eigenvalue weighted by molar-refractivity contribution is -0.220. The zero-order valence-electron chi connectivity index (χ0n) is 18.3. The highest BCUT2D eigenvalue weighted by Crippen LogP contribution is 2.43. The van der Waals surface area contributed by atoms with Crippen LogP contribution in [0, 0.1) is 0 Å². The highest BCUT2D eigenvalue weighted by Gasteiger charge is 2.62. The first-order valence-electron chi connectivity index (χ1n) is 11.0. The van der Waals surface area contributed by atoms with Crippen molar-refractivity contribution in [3.05, 3.63) is 18.7 Å². The second-order valence-electron chi connectivity index (χ2n) is 8.04. The van der Waals surface area contributed by atoms with Gasteiger partial charge in [-0.3, -0.25) is 4.57 Å². The molecule has 0 amide bonds. The average molecular weight is 455 g/mol. The number of ether oxygens (including phenoxy) is 6. The highest BCUT2D eigenvalue weighted by molar-refractivity contribution is 7.80. The summed E-state index contributed by atoms with van der Waals surface area (Å²) in [5.41, 5.74) is 0. The summed E-state index contributed by atoms with van der Waals surface area (Å²) >= 11 is 5.47. The van der Waals surface area contributed by atoms with Crippen LogP contribution in [0.4, 0.5) is 0 Å². The molecule has 4 rings (SSSR count). The van der Waals surface area contributed by atoms with Crippen LogP contribution in [-0.4, -0.2) is 69.4 Å². The van der Waals surface area contributed by atoms with Gasteiger partial charge in [0, 0.05) is 12.4 Å². The number of fused-ring (bicyclic) bond motifs is 1. The van der Waals surface area contributed by atoms with E-state index in [4.69, 9.17) is 40.6 Å². The maximum absolute atomic E-state index is 12.7. The first-order valence-corrected chi connectivity index (χ1v) is 11.4. The molecule has 172 valence electrons. The van der Waals surface area contributed by atoms with Crippen molar-refractivity contribution in [3.8, 4) is 0 Å². The van der Waals surface area contributed by atoms with E-state index in [-0.39, 0.29) is 11.8 Å². The Balaban J connectivity index is 1.61. The van der Waals surface area contributed by atoms with Crippen LogP contribution in [-0.2, 0) is 33.2 Å². The van der Waals surface area contributed by atoms with Gasteiger partial charge in [-0.15, -0.1) is 0 Å². The van der Waals surface area contributed by atoms with Gasteiger partial charge in [0.2, 0.25) is 0 Å². The summed E-state index contributed by atoms with van der Waals surface area (Å²) in [5.74, 6) is -1.97. The SMILES string of the molecule is CCC1(CC)OCC(C(OC(=S)n2ccnc2)[C@@H]2OC(=O)[C@@H]3OC(CC)(CC)O[C@@H]32)O1. The molecule has 5 atom stereocenters. The van der Waals surface area contributed by atoms with Crippen LogP contribution >= 0.6 is 12.2 Å². The quantitative estimate of drug-likeness (QED) is 0.455. The van der Waals surface area contributed by atoms with E-state index in [1.807, 2.05) is 27.7 Å². The van der Waals surface area contributed by atoms with Crippen LogP contribution in [0.1, 0.15) is 53.4 Å². The van der Waals surface area contributed by atoms with Gasteiger partial charge in [0.1, 0.15) is 18.5 Å². The van der Waals surface area contributed by atoms with Crippen molar-refractivity contribution in [3.63, 3.8) is 0 Å². The summed E-state index contributed by atoms with van der Waals surface area (Å²) in [6.45, 7) is 8.25. The number of imidazole rings is 1. The Bertz CT molecular complexity index is 794. The number of cyclic esters (lactones) is 1. The van der Waals surface area contributed by atoms with Gasteiger partial charge >= 0.3 is 5.97 Å². The van der Waals surface area contributed by atoms with Gasteiger partial charge < -0.3 is 28.4 Å². The number of hydrogen-bond acceptors (Lipinski definition) is 9. The second kappa shape index (κ2) is 8.74. The maximum atomic E-state index is 12.7. The van der Waals surface area contributed by atoms with E-state index in [0.29, 0.717) is 25.7 Å². The van der Waals surface area contributed by atoms with Crippen molar-refractivity contribution in [1.29, 1.82) is 0 Å². The lowest BCUT2D eigenvalue weighted by Crippen LogP contribution is -2.49. The summed E-state index contributed by atoms with van der Waals surface area (Å²) in [6, 6.07) is 0. The van der Waals surface area contributed by atoms with Crippen LogP contribution in [0.5, 0.6) is 0 Å².